The van der Waals surface area contributed by atoms with Gasteiger partial charge in [0.25, 0.3) is 0 Å². The van der Waals surface area contributed by atoms with E-state index < -0.39 is 6.17 Å². The zero-order chi connectivity index (χ0) is 23.8. The molecule has 1 fully saturated rings. The van der Waals surface area contributed by atoms with Gasteiger partial charge in [-0.15, -0.1) is 0 Å². The van der Waals surface area contributed by atoms with Crippen molar-refractivity contribution in [1.82, 2.24) is 9.97 Å². The molecular weight excluding hydrogens is 423 g/mol. The molecule has 1 aliphatic rings. The quantitative estimate of drug-likeness (QED) is 0.217. The molecular formula is C30H45FN2O. The number of nitrogens with zero attached hydrogens (tertiary/aromatic N) is 2. The van der Waals surface area contributed by atoms with Crippen LogP contribution >= 0.6 is 0 Å². The van der Waals surface area contributed by atoms with Crippen LogP contribution in [0.3, 0.4) is 0 Å². The fourth-order valence-corrected chi connectivity index (χ4v) is 4.99. The molecule has 0 bridgehead atoms. The molecule has 1 unspecified atom stereocenters. The number of halogens is 1. The first-order valence-corrected chi connectivity index (χ1v) is 13.9. The Morgan fingerprint density at radius 2 is 1.59 bits per heavy atom. The summed E-state index contributed by atoms with van der Waals surface area (Å²) in [4.78, 5) is 9.14. The molecule has 0 amide bonds. The van der Waals surface area contributed by atoms with Gasteiger partial charge in [0, 0.05) is 24.4 Å². The van der Waals surface area contributed by atoms with Crippen LogP contribution in [0.5, 0.6) is 5.75 Å². The highest BCUT2D eigenvalue weighted by molar-refractivity contribution is 5.55. The molecule has 1 atom stereocenters. The Bertz CT molecular complexity index is 771. The highest BCUT2D eigenvalue weighted by Gasteiger charge is 2.13. The van der Waals surface area contributed by atoms with Crippen LogP contribution in [0.4, 0.5) is 4.39 Å². The van der Waals surface area contributed by atoms with E-state index in [1.807, 2.05) is 36.7 Å². The third-order valence-corrected chi connectivity index (χ3v) is 7.19. The Hall–Kier alpha value is -1.97. The van der Waals surface area contributed by atoms with Gasteiger partial charge in [-0.2, -0.15) is 0 Å². The van der Waals surface area contributed by atoms with E-state index in [0.29, 0.717) is 19.4 Å². The maximum atomic E-state index is 13.9. The molecule has 0 N–H and O–H groups in total. The van der Waals surface area contributed by atoms with E-state index in [1.54, 1.807) is 0 Å². The summed E-state index contributed by atoms with van der Waals surface area (Å²) in [5, 5.41) is 0. The van der Waals surface area contributed by atoms with Gasteiger partial charge in [0.15, 0.2) is 5.82 Å². The summed E-state index contributed by atoms with van der Waals surface area (Å²) in [5.41, 5.74) is 2.19. The largest absolute Gasteiger partial charge is 0.493 e. The lowest BCUT2D eigenvalue weighted by Crippen LogP contribution is -2.07. The van der Waals surface area contributed by atoms with Crippen molar-refractivity contribution in [3.8, 4) is 17.1 Å². The molecule has 0 radical (unpaired) electrons. The van der Waals surface area contributed by atoms with E-state index in [1.165, 1.54) is 69.8 Å². The van der Waals surface area contributed by atoms with Crippen LogP contribution in [0.1, 0.15) is 109 Å². The second-order valence-electron chi connectivity index (χ2n) is 10.1. The number of unbranched alkanes of at least 4 members (excludes halogenated alkanes) is 6. The Balaban J connectivity index is 1.29. The maximum absolute atomic E-state index is 13.9. The van der Waals surface area contributed by atoms with Gasteiger partial charge in [-0.1, -0.05) is 84.0 Å². The van der Waals surface area contributed by atoms with E-state index in [4.69, 9.17) is 4.74 Å². The molecule has 3 rings (SSSR count). The van der Waals surface area contributed by atoms with E-state index in [-0.39, 0.29) is 0 Å². The van der Waals surface area contributed by atoms with Crippen molar-refractivity contribution >= 4 is 0 Å². The number of hydrogen-bond acceptors (Lipinski definition) is 3. The van der Waals surface area contributed by atoms with Gasteiger partial charge in [-0.3, -0.25) is 0 Å². The molecule has 4 heteroatoms. The standard InChI is InChI=1S/C30H45FN2O/c1-2-3-7-16-28(31)21-22-34-29-19-17-27(18-20-29)30-32-23-26(24-33-30)15-9-6-4-5-8-12-25-13-10-11-14-25/h17-20,23-25,28H,2-16,21-22H2,1H3. The third kappa shape index (κ3) is 10.1. The van der Waals surface area contributed by atoms with Crippen LogP contribution in [-0.2, 0) is 6.42 Å². The zero-order valence-corrected chi connectivity index (χ0v) is 21.3. The lowest BCUT2D eigenvalue weighted by atomic mass is 9.99. The number of alkyl halides is 1. The Morgan fingerprint density at radius 3 is 2.32 bits per heavy atom. The molecule has 1 saturated carbocycles. The summed E-state index contributed by atoms with van der Waals surface area (Å²) in [6.45, 7) is 2.55. The number of aromatic nitrogens is 2. The minimum absolute atomic E-state index is 0.415. The number of benzene rings is 1. The number of aryl methyl sites for hydroxylation is 1. The van der Waals surface area contributed by atoms with Crippen LogP contribution in [0.25, 0.3) is 11.4 Å². The van der Waals surface area contributed by atoms with Gasteiger partial charge >= 0.3 is 0 Å². The zero-order valence-electron chi connectivity index (χ0n) is 21.3. The van der Waals surface area contributed by atoms with Gasteiger partial charge in [0.05, 0.1) is 6.61 Å². The van der Waals surface area contributed by atoms with E-state index in [2.05, 4.69) is 16.9 Å². The molecule has 1 aromatic carbocycles. The minimum atomic E-state index is -0.765. The normalized spacial score (nSPS) is 15.0. The molecule has 2 aromatic rings. The second kappa shape index (κ2) is 15.8. The predicted molar refractivity (Wildman–Crippen MR) is 140 cm³/mol. The molecule has 1 heterocycles. The first-order valence-electron chi connectivity index (χ1n) is 13.9. The van der Waals surface area contributed by atoms with Crippen LogP contribution in [0, 0.1) is 5.92 Å². The first-order chi connectivity index (χ1) is 16.7. The lowest BCUT2D eigenvalue weighted by molar-refractivity contribution is 0.223. The average Bonchev–Trinajstić information content (AvgIpc) is 3.38. The molecule has 3 nitrogen and oxygen atoms in total. The van der Waals surface area contributed by atoms with Gasteiger partial charge < -0.3 is 4.74 Å². The molecule has 188 valence electrons. The Morgan fingerprint density at radius 1 is 0.882 bits per heavy atom. The Kier molecular flexibility index (Phi) is 12.4. The minimum Gasteiger partial charge on any atom is -0.493 e. The van der Waals surface area contributed by atoms with Crippen molar-refractivity contribution < 1.29 is 9.13 Å². The van der Waals surface area contributed by atoms with E-state index in [9.17, 15) is 4.39 Å². The Labute approximate surface area is 206 Å². The molecule has 1 aromatic heterocycles. The van der Waals surface area contributed by atoms with Crippen LogP contribution in [-0.4, -0.2) is 22.7 Å². The van der Waals surface area contributed by atoms with E-state index >= 15 is 0 Å². The number of ether oxygens (including phenoxy) is 1. The molecule has 0 aliphatic heterocycles. The van der Waals surface area contributed by atoms with Gasteiger partial charge in [-0.05, 0) is 55.0 Å². The maximum Gasteiger partial charge on any atom is 0.159 e. The summed E-state index contributed by atoms with van der Waals surface area (Å²) >= 11 is 0. The number of hydrogen-bond donors (Lipinski definition) is 0. The fraction of sp³-hybridized carbons (Fsp3) is 0.667. The third-order valence-electron chi connectivity index (χ3n) is 7.19. The molecule has 34 heavy (non-hydrogen) atoms. The number of rotatable bonds is 17. The fourth-order valence-electron chi connectivity index (χ4n) is 4.99. The van der Waals surface area contributed by atoms with Crippen molar-refractivity contribution in [3.05, 3.63) is 42.2 Å². The van der Waals surface area contributed by atoms with Crippen LogP contribution in [0.15, 0.2) is 36.7 Å². The molecule has 0 saturated heterocycles. The molecule has 1 aliphatic carbocycles. The van der Waals surface area contributed by atoms with Crippen molar-refractivity contribution in [3.63, 3.8) is 0 Å². The van der Waals surface area contributed by atoms with Crippen LogP contribution < -0.4 is 4.74 Å². The van der Waals surface area contributed by atoms with Gasteiger partial charge in [0.2, 0.25) is 0 Å². The van der Waals surface area contributed by atoms with E-state index in [0.717, 1.165) is 48.7 Å². The summed E-state index contributed by atoms with van der Waals surface area (Å²) < 4.78 is 19.6. The topological polar surface area (TPSA) is 35.0 Å². The SMILES string of the molecule is CCCCCC(F)CCOc1ccc(-c2ncc(CCCCCCCC3CCCC3)cn2)cc1. The van der Waals surface area contributed by atoms with Crippen LogP contribution in [0.2, 0.25) is 0 Å². The highest BCUT2D eigenvalue weighted by Crippen LogP contribution is 2.29. The monoisotopic (exact) mass is 468 g/mol. The summed E-state index contributed by atoms with van der Waals surface area (Å²) in [6.07, 6.45) is 22.5. The summed E-state index contributed by atoms with van der Waals surface area (Å²) in [6, 6.07) is 7.79. The summed E-state index contributed by atoms with van der Waals surface area (Å²) in [5.74, 6) is 2.54. The van der Waals surface area contributed by atoms with Crippen molar-refractivity contribution in [2.45, 2.75) is 116 Å². The van der Waals surface area contributed by atoms with Crippen molar-refractivity contribution in [1.29, 1.82) is 0 Å². The second-order valence-corrected chi connectivity index (χ2v) is 10.1. The van der Waals surface area contributed by atoms with Crippen molar-refractivity contribution in [2.24, 2.45) is 5.92 Å². The lowest BCUT2D eigenvalue weighted by Gasteiger charge is -2.10. The molecule has 0 spiro atoms. The van der Waals surface area contributed by atoms with Gasteiger partial charge in [-0.25, -0.2) is 14.4 Å². The highest BCUT2D eigenvalue weighted by atomic mass is 19.1. The van der Waals surface area contributed by atoms with Crippen molar-refractivity contribution in [2.75, 3.05) is 6.61 Å². The summed E-state index contributed by atoms with van der Waals surface area (Å²) in [7, 11) is 0. The average molecular weight is 469 g/mol. The smallest absolute Gasteiger partial charge is 0.159 e. The predicted octanol–water partition coefficient (Wildman–Crippen LogP) is 8.90. The van der Waals surface area contributed by atoms with Gasteiger partial charge in [0.1, 0.15) is 11.9 Å². The first kappa shape index (κ1) is 26.6.